The largest absolute Gasteiger partial charge is 3.00 e. The van der Waals surface area contributed by atoms with Gasteiger partial charge in [0.05, 0.1) is 0 Å². The predicted octanol–water partition coefficient (Wildman–Crippen LogP) is -0.243. The smallest absolute Gasteiger partial charge is 2.00 e. The Kier molecular flexibility index (Phi) is 228. The van der Waals surface area contributed by atoms with Gasteiger partial charge in [-0.1, -0.05) is 0 Å². The zero-order chi connectivity index (χ0) is 0. The van der Waals surface area contributed by atoms with Crippen molar-refractivity contribution in [2.75, 3.05) is 0 Å². The van der Waals surface area contributed by atoms with E-state index in [2.05, 4.69) is 0 Å². The van der Waals surface area contributed by atoms with Crippen molar-refractivity contribution >= 4 is 0 Å². The molecule has 0 spiro atoms. The van der Waals surface area contributed by atoms with Crippen molar-refractivity contribution in [1.29, 1.82) is 0 Å². The van der Waals surface area contributed by atoms with Gasteiger partial charge in [0.2, 0.25) is 0 Å². The summed E-state index contributed by atoms with van der Waals surface area (Å²) >= 11 is 0. The molecule has 0 aliphatic carbocycles. The van der Waals surface area contributed by atoms with Gasteiger partial charge in [0.1, 0.15) is 0 Å². The van der Waals surface area contributed by atoms with Gasteiger partial charge in [0.25, 0.3) is 0 Å². The molecule has 0 saturated carbocycles. The summed E-state index contributed by atoms with van der Waals surface area (Å²) in [6.45, 7) is 0. The molecule has 0 radical (unpaired) electrons. The van der Waals surface area contributed by atoms with Crippen molar-refractivity contribution in [3.8, 4) is 0 Å². The molecule has 0 rings (SSSR count). The van der Waals surface area contributed by atoms with Gasteiger partial charge in [-0.15, -0.1) is 0 Å². The van der Waals surface area contributed by atoms with E-state index < -0.39 is 0 Å². The van der Waals surface area contributed by atoms with E-state index in [4.69, 9.17) is 0 Å². The molecular formula is AgO2Y. The fraction of sp³-hybridized carbons (Fsp3) is 0. The molecule has 0 fully saturated rings. The summed E-state index contributed by atoms with van der Waals surface area (Å²) in [6, 6.07) is 0. The summed E-state index contributed by atoms with van der Waals surface area (Å²) in [7, 11) is 0. The van der Waals surface area contributed by atoms with Gasteiger partial charge in [-0.3, -0.25) is 0 Å². The third-order valence-corrected chi connectivity index (χ3v) is 0. The van der Waals surface area contributed by atoms with E-state index in [0.717, 1.165) is 0 Å². The average Bonchev–Trinajstić information content (AvgIpc) is 0. The second kappa shape index (κ2) is 21.7. The zero-order valence-corrected chi connectivity index (χ0v) is 6.02. The maximum atomic E-state index is 0. The molecule has 0 N–H and O–H groups in total. The van der Waals surface area contributed by atoms with Crippen LogP contribution in [0.3, 0.4) is 0 Å². The summed E-state index contributed by atoms with van der Waals surface area (Å²) in [4.78, 5) is 0. The van der Waals surface area contributed by atoms with E-state index in [-0.39, 0.29) is 66.0 Å². The predicted molar refractivity (Wildman–Crippen MR) is 1.37 cm³/mol. The Hall–Kier alpha value is 1.76. The zero-order valence-electron chi connectivity index (χ0n) is 1.70. The fourth-order valence-corrected chi connectivity index (χ4v) is 0. The number of hydrogen-bond acceptors (Lipinski definition) is 0. The van der Waals surface area contributed by atoms with Crippen LogP contribution < -0.4 is 0 Å². The Morgan fingerprint density at radius 2 is 0.750 bits per heavy atom. The molecule has 4 heavy (non-hydrogen) atoms. The van der Waals surface area contributed by atoms with Gasteiger partial charge in [-0.25, -0.2) is 0 Å². The standard InChI is InChI=1S/Ag.2O.Y/q+1;2*-2;+3. The molecule has 0 aliphatic rings. The first-order valence-electron chi connectivity index (χ1n) is 0. The first-order valence-corrected chi connectivity index (χ1v) is 0. The van der Waals surface area contributed by atoms with Crippen molar-refractivity contribution in [3.63, 3.8) is 0 Å². The SMILES string of the molecule is [Ag+].[O-2].[O-2].[Y+3]. The molecule has 0 heterocycles. The maximum Gasteiger partial charge on any atom is 3.00 e. The van der Waals surface area contributed by atoms with Crippen molar-refractivity contribution in [3.05, 3.63) is 0 Å². The second-order valence-electron chi connectivity index (χ2n) is 0. The van der Waals surface area contributed by atoms with Gasteiger partial charge in [0, 0.05) is 0 Å². The van der Waals surface area contributed by atoms with Crippen LogP contribution in [0.4, 0.5) is 0 Å². The van der Waals surface area contributed by atoms with Crippen LogP contribution in [0.1, 0.15) is 0 Å². The fourth-order valence-electron chi connectivity index (χ4n) is 0. The van der Waals surface area contributed by atoms with Crippen LogP contribution in [0.2, 0.25) is 0 Å². The summed E-state index contributed by atoms with van der Waals surface area (Å²) in [6.07, 6.45) is 0. The molecule has 0 unspecified atom stereocenters. The Balaban J connectivity index is 0. The summed E-state index contributed by atoms with van der Waals surface area (Å²) in [5, 5.41) is 0. The molecular weight excluding hydrogens is 229 g/mol. The van der Waals surface area contributed by atoms with E-state index in [1.165, 1.54) is 0 Å². The molecule has 0 atom stereocenters. The second-order valence-corrected chi connectivity index (χ2v) is 0. The molecule has 0 aromatic carbocycles. The minimum Gasteiger partial charge on any atom is -2.00 e. The molecule has 0 aromatic rings. The quantitative estimate of drug-likeness (QED) is 0.514. The van der Waals surface area contributed by atoms with Crippen LogP contribution in [-0.4, -0.2) is 0 Å². The third-order valence-electron chi connectivity index (χ3n) is 0. The Morgan fingerprint density at radius 3 is 0.750 bits per heavy atom. The van der Waals surface area contributed by atoms with Crippen molar-refractivity contribution in [1.82, 2.24) is 0 Å². The van der Waals surface area contributed by atoms with Crippen LogP contribution >= 0.6 is 0 Å². The number of hydrogen-bond donors (Lipinski definition) is 0. The van der Waals surface area contributed by atoms with Crippen LogP contribution in [-0.2, 0) is 66.0 Å². The van der Waals surface area contributed by atoms with E-state index >= 15 is 0 Å². The van der Waals surface area contributed by atoms with Gasteiger partial charge in [-0.2, -0.15) is 0 Å². The molecule has 4 heteroatoms. The normalized spacial score (nSPS) is 0. The molecule has 0 aromatic heterocycles. The maximum absolute atomic E-state index is 0. The molecule has 2 nitrogen and oxygen atoms in total. The van der Waals surface area contributed by atoms with E-state index in [1.807, 2.05) is 0 Å². The van der Waals surface area contributed by atoms with E-state index in [1.54, 1.807) is 0 Å². The number of rotatable bonds is 0. The van der Waals surface area contributed by atoms with Crippen LogP contribution in [0, 0.1) is 0 Å². The first kappa shape index (κ1) is 42.0. The minimum atomic E-state index is 0. The van der Waals surface area contributed by atoms with Gasteiger partial charge < -0.3 is 11.0 Å². The molecule has 0 saturated heterocycles. The van der Waals surface area contributed by atoms with Crippen LogP contribution in [0.25, 0.3) is 0 Å². The van der Waals surface area contributed by atoms with Crippen LogP contribution in [0.15, 0.2) is 0 Å². The van der Waals surface area contributed by atoms with Crippen LogP contribution in [0.5, 0.6) is 0 Å². The van der Waals surface area contributed by atoms with Gasteiger partial charge >= 0.3 is 55.1 Å². The minimum absolute atomic E-state index is 0. The van der Waals surface area contributed by atoms with E-state index in [9.17, 15) is 0 Å². The average molecular weight is 229 g/mol. The van der Waals surface area contributed by atoms with Crippen molar-refractivity contribution in [2.24, 2.45) is 0 Å². The van der Waals surface area contributed by atoms with Crippen molar-refractivity contribution < 1.29 is 66.0 Å². The summed E-state index contributed by atoms with van der Waals surface area (Å²) < 4.78 is 0. The molecule has 26 valence electrons. The van der Waals surface area contributed by atoms with Gasteiger partial charge in [-0.05, 0) is 0 Å². The third kappa shape index (κ3) is 9.24. The summed E-state index contributed by atoms with van der Waals surface area (Å²) in [5.74, 6) is 0. The van der Waals surface area contributed by atoms with Crippen molar-refractivity contribution in [2.45, 2.75) is 0 Å². The Labute approximate surface area is 65.3 Å². The van der Waals surface area contributed by atoms with E-state index in [0.29, 0.717) is 0 Å². The topological polar surface area (TPSA) is 57.0 Å². The molecule has 0 amide bonds. The molecule has 0 aliphatic heterocycles. The Bertz CT molecular complexity index is 6.00. The van der Waals surface area contributed by atoms with Gasteiger partial charge in [0.15, 0.2) is 0 Å². The Morgan fingerprint density at radius 1 is 0.750 bits per heavy atom. The first-order chi connectivity index (χ1) is 0. The summed E-state index contributed by atoms with van der Waals surface area (Å²) in [5.41, 5.74) is 0. The monoisotopic (exact) mass is 228 g/mol. The molecule has 0 bridgehead atoms.